The van der Waals surface area contributed by atoms with E-state index in [1.807, 2.05) is 0 Å². The van der Waals surface area contributed by atoms with Crippen molar-refractivity contribution >= 4 is 11.6 Å². The average molecular weight is 348 g/mol. The number of nitrogens with two attached hydrogens (primary N) is 1. The van der Waals surface area contributed by atoms with Gasteiger partial charge in [-0.2, -0.15) is 0 Å². The molecule has 1 heterocycles. The van der Waals surface area contributed by atoms with Crippen molar-refractivity contribution in [3.8, 4) is 0 Å². The normalized spacial score (nSPS) is 12.4. The molecule has 1 aromatic heterocycles. The SMILES string of the molecule is C[C@@H](C(=O)c1c(N)n(C)c(=O)n(C)c1=O)N(C)Cc1ccc(F)cc1. The number of nitrogens with zero attached hydrogens (tertiary/aromatic N) is 3. The van der Waals surface area contributed by atoms with Crippen molar-refractivity contribution in [3.05, 3.63) is 62.0 Å². The standard InChI is InChI=1S/C17H21FN4O3/c1-10(20(2)9-11-5-7-12(18)8-6-11)14(23)13-15(19)21(3)17(25)22(4)16(13)24/h5-8,10H,9,19H2,1-4H3/t10-/m0/s1. The minimum absolute atomic E-state index is 0.153. The summed E-state index contributed by atoms with van der Waals surface area (Å²) in [6.07, 6.45) is 0. The van der Waals surface area contributed by atoms with E-state index in [1.165, 1.54) is 26.2 Å². The zero-order valence-electron chi connectivity index (χ0n) is 14.6. The summed E-state index contributed by atoms with van der Waals surface area (Å²) in [4.78, 5) is 38.7. The fraction of sp³-hybridized carbons (Fsp3) is 0.353. The van der Waals surface area contributed by atoms with Gasteiger partial charge in [0.05, 0.1) is 6.04 Å². The maximum absolute atomic E-state index is 13.0. The Morgan fingerprint density at radius 1 is 1.20 bits per heavy atom. The highest BCUT2D eigenvalue weighted by molar-refractivity contribution is 6.03. The van der Waals surface area contributed by atoms with E-state index < -0.39 is 23.1 Å². The van der Waals surface area contributed by atoms with Crippen LogP contribution in [0.1, 0.15) is 22.8 Å². The van der Waals surface area contributed by atoms with Gasteiger partial charge in [0.1, 0.15) is 17.2 Å². The summed E-state index contributed by atoms with van der Waals surface area (Å²) in [5.74, 6) is -0.963. The minimum atomic E-state index is -0.715. The van der Waals surface area contributed by atoms with Gasteiger partial charge in [0.2, 0.25) is 0 Å². The van der Waals surface area contributed by atoms with Crippen LogP contribution in [0.2, 0.25) is 0 Å². The van der Waals surface area contributed by atoms with Crippen LogP contribution in [0, 0.1) is 5.82 Å². The topological polar surface area (TPSA) is 90.3 Å². The number of Topliss-reactive ketones (excluding diaryl/α,β-unsaturated/α-hetero) is 1. The van der Waals surface area contributed by atoms with Gasteiger partial charge in [0.15, 0.2) is 5.78 Å². The molecule has 134 valence electrons. The average Bonchev–Trinajstić information content (AvgIpc) is 2.59. The summed E-state index contributed by atoms with van der Waals surface area (Å²) in [7, 11) is 4.42. The second-order valence-corrected chi connectivity index (χ2v) is 6.05. The van der Waals surface area contributed by atoms with Crippen LogP contribution < -0.4 is 17.0 Å². The van der Waals surface area contributed by atoms with Gasteiger partial charge >= 0.3 is 5.69 Å². The Kier molecular flexibility index (Phi) is 5.22. The minimum Gasteiger partial charge on any atom is -0.384 e. The van der Waals surface area contributed by atoms with E-state index in [4.69, 9.17) is 5.73 Å². The first kappa shape index (κ1) is 18.6. The maximum atomic E-state index is 13.0. The quantitative estimate of drug-likeness (QED) is 0.795. The largest absolute Gasteiger partial charge is 0.384 e. The lowest BCUT2D eigenvalue weighted by molar-refractivity contribution is 0.0860. The zero-order chi connectivity index (χ0) is 18.9. The number of ketones is 1. The van der Waals surface area contributed by atoms with Gasteiger partial charge in [-0.05, 0) is 31.7 Å². The lowest BCUT2D eigenvalue weighted by atomic mass is 10.1. The third-order valence-electron chi connectivity index (χ3n) is 4.34. The monoisotopic (exact) mass is 348 g/mol. The third kappa shape index (κ3) is 3.53. The van der Waals surface area contributed by atoms with E-state index in [0.29, 0.717) is 6.54 Å². The van der Waals surface area contributed by atoms with Crippen molar-refractivity contribution < 1.29 is 9.18 Å². The van der Waals surface area contributed by atoms with Crippen molar-refractivity contribution in [2.45, 2.75) is 19.5 Å². The van der Waals surface area contributed by atoms with Crippen LogP contribution in [0.25, 0.3) is 0 Å². The van der Waals surface area contributed by atoms with Gasteiger partial charge in [-0.25, -0.2) is 9.18 Å². The van der Waals surface area contributed by atoms with E-state index in [0.717, 1.165) is 14.7 Å². The molecule has 0 saturated carbocycles. The molecule has 0 aliphatic rings. The molecule has 1 aromatic carbocycles. The van der Waals surface area contributed by atoms with E-state index in [2.05, 4.69) is 0 Å². The molecular weight excluding hydrogens is 327 g/mol. The number of carbonyl (C=O) groups is 1. The number of hydrogen-bond acceptors (Lipinski definition) is 5. The van der Waals surface area contributed by atoms with Crippen LogP contribution in [0.5, 0.6) is 0 Å². The Balaban J connectivity index is 2.32. The van der Waals surface area contributed by atoms with Gasteiger partial charge in [0, 0.05) is 20.6 Å². The first-order valence-corrected chi connectivity index (χ1v) is 7.69. The lowest BCUT2D eigenvalue weighted by Crippen LogP contribution is -2.45. The number of halogens is 1. The molecule has 0 fully saturated rings. The molecule has 2 N–H and O–H groups in total. The molecule has 0 unspecified atom stereocenters. The van der Waals surface area contributed by atoms with Crippen molar-refractivity contribution in [2.75, 3.05) is 12.8 Å². The fourth-order valence-electron chi connectivity index (χ4n) is 2.52. The number of likely N-dealkylation sites (N-methyl/N-ethyl adjacent to an activating group) is 1. The summed E-state index contributed by atoms with van der Waals surface area (Å²) in [6.45, 7) is 2.04. The molecule has 8 heteroatoms. The Hall–Kier alpha value is -2.74. The molecule has 0 saturated heterocycles. The predicted molar refractivity (Wildman–Crippen MR) is 93.0 cm³/mol. The summed E-state index contributed by atoms with van der Waals surface area (Å²) >= 11 is 0. The third-order valence-corrected chi connectivity index (χ3v) is 4.34. The van der Waals surface area contributed by atoms with E-state index in [1.54, 1.807) is 31.0 Å². The van der Waals surface area contributed by atoms with Crippen molar-refractivity contribution in [1.29, 1.82) is 0 Å². The molecule has 0 radical (unpaired) electrons. The molecular formula is C17H21FN4O3. The second-order valence-electron chi connectivity index (χ2n) is 6.05. The molecule has 2 rings (SSSR count). The van der Waals surface area contributed by atoms with Gasteiger partial charge in [-0.15, -0.1) is 0 Å². The van der Waals surface area contributed by atoms with Crippen molar-refractivity contribution in [3.63, 3.8) is 0 Å². The van der Waals surface area contributed by atoms with Crippen molar-refractivity contribution in [1.82, 2.24) is 14.0 Å². The first-order valence-electron chi connectivity index (χ1n) is 7.69. The lowest BCUT2D eigenvalue weighted by Gasteiger charge is -2.24. The maximum Gasteiger partial charge on any atom is 0.332 e. The molecule has 0 aliphatic carbocycles. The highest BCUT2D eigenvalue weighted by Gasteiger charge is 2.27. The van der Waals surface area contributed by atoms with Gasteiger partial charge in [-0.1, -0.05) is 12.1 Å². The number of rotatable bonds is 5. The summed E-state index contributed by atoms with van der Waals surface area (Å²) in [5.41, 5.74) is 5.14. The Bertz CT molecular complexity index is 915. The first-order chi connectivity index (χ1) is 11.6. The summed E-state index contributed by atoms with van der Waals surface area (Å²) < 4.78 is 14.9. The van der Waals surface area contributed by atoms with Gasteiger partial charge in [0.25, 0.3) is 5.56 Å². The Morgan fingerprint density at radius 3 is 2.32 bits per heavy atom. The molecule has 0 spiro atoms. The second kappa shape index (κ2) is 7.02. The highest BCUT2D eigenvalue weighted by Crippen LogP contribution is 2.13. The van der Waals surface area contributed by atoms with E-state index >= 15 is 0 Å². The van der Waals surface area contributed by atoms with E-state index in [-0.39, 0.29) is 17.2 Å². The van der Waals surface area contributed by atoms with Crippen LogP contribution in [0.3, 0.4) is 0 Å². The number of anilines is 1. The number of aromatic nitrogens is 2. The molecule has 0 bridgehead atoms. The summed E-state index contributed by atoms with van der Waals surface area (Å²) in [6, 6.07) is 5.29. The molecule has 7 nitrogen and oxygen atoms in total. The Labute approximate surface area is 144 Å². The number of hydrogen-bond donors (Lipinski definition) is 1. The van der Waals surface area contributed by atoms with Crippen LogP contribution in [-0.4, -0.2) is 32.9 Å². The molecule has 1 atom stereocenters. The van der Waals surface area contributed by atoms with Crippen LogP contribution in [0.15, 0.2) is 33.9 Å². The van der Waals surface area contributed by atoms with E-state index in [9.17, 15) is 18.8 Å². The fourth-order valence-corrected chi connectivity index (χ4v) is 2.52. The summed E-state index contributed by atoms with van der Waals surface area (Å²) in [5, 5.41) is 0. The number of nitrogen functional groups attached to an aromatic ring is 1. The number of benzene rings is 1. The molecule has 2 aromatic rings. The molecule has 0 amide bonds. The Morgan fingerprint density at radius 2 is 1.76 bits per heavy atom. The smallest absolute Gasteiger partial charge is 0.332 e. The zero-order valence-corrected chi connectivity index (χ0v) is 14.6. The van der Waals surface area contributed by atoms with Gasteiger partial charge in [-0.3, -0.25) is 23.6 Å². The predicted octanol–water partition coefficient (Wildman–Crippen LogP) is 0.509. The van der Waals surface area contributed by atoms with Crippen LogP contribution in [-0.2, 0) is 20.6 Å². The van der Waals surface area contributed by atoms with Crippen LogP contribution >= 0.6 is 0 Å². The molecule has 25 heavy (non-hydrogen) atoms. The molecule has 0 aliphatic heterocycles. The van der Waals surface area contributed by atoms with Crippen molar-refractivity contribution in [2.24, 2.45) is 14.1 Å². The number of carbonyl (C=O) groups excluding carboxylic acids is 1. The van der Waals surface area contributed by atoms with Crippen LogP contribution in [0.4, 0.5) is 10.2 Å². The van der Waals surface area contributed by atoms with Gasteiger partial charge < -0.3 is 5.73 Å². The highest BCUT2D eigenvalue weighted by atomic mass is 19.1.